The number of nitrogens with zero attached hydrogens (tertiary/aromatic N) is 1. The third-order valence-corrected chi connectivity index (χ3v) is 30.8. The molecule has 334 valence electrons. The first kappa shape index (κ1) is 49.9. The van der Waals surface area contributed by atoms with Gasteiger partial charge in [-0.05, 0) is 40.9 Å². The van der Waals surface area contributed by atoms with E-state index in [0.29, 0.717) is 6.04 Å². The molecule has 0 aliphatic heterocycles. The molecule has 2 nitrogen and oxygen atoms in total. The molecule has 0 bridgehead atoms. The fourth-order valence-corrected chi connectivity index (χ4v) is 28.1. The quantitative estimate of drug-likeness (QED) is 0.0416. The topological polar surface area (TPSA) is 12.5 Å². The first-order valence-corrected chi connectivity index (χ1v) is 33.1. The zero-order valence-electron chi connectivity index (χ0n) is 39.9. The summed E-state index contributed by atoms with van der Waals surface area (Å²) in [4.78, 5) is 0. The zero-order valence-corrected chi connectivity index (χ0v) is 43.7. The number of ether oxygens (including phenoxy) is 1. The van der Waals surface area contributed by atoms with Crippen LogP contribution in [0.5, 0.6) is 5.75 Å². The van der Waals surface area contributed by atoms with Gasteiger partial charge in [-0.3, -0.25) is 0 Å². The minimum atomic E-state index is -1.65. The smallest absolute Gasteiger partial charge is 0.128 e. The van der Waals surface area contributed by atoms with Gasteiger partial charge in [-0.15, -0.1) is 0 Å². The Hall–Kier alpha value is -2.07. The number of methoxy groups -OCH3 is 1. The van der Waals surface area contributed by atoms with Gasteiger partial charge in [0.05, 0.1) is 23.3 Å². The van der Waals surface area contributed by atoms with Crippen LogP contribution in [-0.2, 0) is 0 Å². The largest absolute Gasteiger partial charge is 0.496 e. The molecule has 1 aliphatic rings. The highest BCUT2D eigenvalue weighted by Crippen LogP contribution is 2.58. The summed E-state index contributed by atoms with van der Waals surface area (Å²) in [6.45, 7) is 14.4. The van der Waals surface area contributed by atoms with Crippen molar-refractivity contribution in [2.45, 2.75) is 193 Å². The number of hydrogen-bond donors (Lipinski definition) is 0. The standard InChI is InChI=1S/C55H85NOP2Si2/c1-8-14-42-60(43-15-9-2,44-16-10-3)52-38-34-50(35-39-52)58(51-36-40-53(41-37-51)61(45-17-11-4,46-18-12-5)47-19-13-6)56(48-28-22-20-23-29-48)59(49-30-24-21-25-31-49)55-33-27-26-32-54(55)57-7/h21,24-27,30-41,48H,8-20,22-23,28-29,42-47H2,1-7H3. The third kappa shape index (κ3) is 13.3. The molecule has 4 aromatic carbocycles. The van der Waals surface area contributed by atoms with E-state index in [1.54, 1.807) is 10.4 Å². The lowest BCUT2D eigenvalue weighted by atomic mass is 9.96. The van der Waals surface area contributed by atoms with Crippen molar-refractivity contribution in [1.29, 1.82) is 0 Å². The number of para-hydroxylation sites is 1. The van der Waals surface area contributed by atoms with Crippen molar-refractivity contribution in [2.75, 3.05) is 7.11 Å². The molecule has 1 saturated carbocycles. The predicted molar refractivity (Wildman–Crippen MR) is 282 cm³/mol. The Morgan fingerprint density at radius 1 is 0.459 bits per heavy atom. The Balaban J connectivity index is 1.76. The van der Waals surface area contributed by atoms with Crippen molar-refractivity contribution in [2.24, 2.45) is 0 Å². The van der Waals surface area contributed by atoms with Gasteiger partial charge in [0.2, 0.25) is 0 Å². The summed E-state index contributed by atoms with van der Waals surface area (Å²) in [5.41, 5.74) is 0. The third-order valence-electron chi connectivity index (χ3n) is 14.1. The molecular formula is C55H85NOP2Si2. The van der Waals surface area contributed by atoms with Crippen molar-refractivity contribution in [3.63, 3.8) is 0 Å². The molecule has 0 N–H and O–H groups in total. The molecule has 0 radical (unpaired) electrons. The lowest BCUT2D eigenvalue weighted by Crippen LogP contribution is -2.48. The van der Waals surface area contributed by atoms with Crippen LogP contribution >= 0.6 is 16.1 Å². The van der Waals surface area contributed by atoms with E-state index in [1.807, 2.05) is 7.11 Å². The van der Waals surface area contributed by atoms with Gasteiger partial charge >= 0.3 is 0 Å². The summed E-state index contributed by atoms with van der Waals surface area (Å²) < 4.78 is 9.40. The average molecular weight is 894 g/mol. The monoisotopic (exact) mass is 894 g/mol. The fourth-order valence-electron chi connectivity index (χ4n) is 10.5. The van der Waals surface area contributed by atoms with Gasteiger partial charge in [0.25, 0.3) is 0 Å². The summed E-state index contributed by atoms with van der Waals surface area (Å²) >= 11 is 0. The minimum Gasteiger partial charge on any atom is -0.496 e. The van der Waals surface area contributed by atoms with Crippen molar-refractivity contribution < 1.29 is 4.74 Å². The maximum atomic E-state index is 6.28. The number of rotatable bonds is 28. The first-order chi connectivity index (χ1) is 29.9. The highest BCUT2D eigenvalue weighted by atomic mass is 31.2. The second-order valence-corrected chi connectivity index (χ2v) is 32.3. The Morgan fingerprint density at radius 2 is 0.836 bits per heavy atom. The van der Waals surface area contributed by atoms with E-state index < -0.39 is 32.3 Å². The Bertz CT molecular complexity index is 1660. The lowest BCUT2D eigenvalue weighted by Gasteiger charge is -2.45. The van der Waals surface area contributed by atoms with Crippen LogP contribution in [0.2, 0.25) is 36.3 Å². The van der Waals surface area contributed by atoms with Crippen LogP contribution in [0.25, 0.3) is 0 Å². The maximum absolute atomic E-state index is 6.28. The molecule has 5 rings (SSSR count). The van der Waals surface area contributed by atoms with Crippen LogP contribution in [0, 0.1) is 0 Å². The van der Waals surface area contributed by atoms with E-state index >= 15 is 0 Å². The molecule has 0 aromatic heterocycles. The van der Waals surface area contributed by atoms with Gasteiger partial charge in [-0.1, -0.05) is 275 Å². The molecule has 0 amide bonds. The molecule has 0 spiro atoms. The molecule has 6 heteroatoms. The summed E-state index contributed by atoms with van der Waals surface area (Å²) in [5, 5.41) is 9.32. The van der Waals surface area contributed by atoms with E-state index in [1.165, 1.54) is 167 Å². The minimum absolute atomic E-state index is 0.509. The number of unbranched alkanes of at least 4 members (excludes halogenated alkanes) is 6. The van der Waals surface area contributed by atoms with Gasteiger partial charge in [-0.2, -0.15) is 0 Å². The molecular weight excluding hydrogens is 809 g/mol. The SMILES string of the molecule is CCCC[Si](CCCC)(CCCC)c1ccc(P(c2ccc([Si](CCCC)(CCCC)CCCC)cc2)N(C2CCCCC2)P(c2ccccc2)c2ccccc2OC)cc1. The van der Waals surface area contributed by atoms with Crippen molar-refractivity contribution in [3.8, 4) is 5.75 Å². The number of benzene rings is 4. The first-order valence-electron chi connectivity index (χ1n) is 25.2. The van der Waals surface area contributed by atoms with Crippen LogP contribution < -0.4 is 36.3 Å². The Labute approximate surface area is 380 Å². The summed E-state index contributed by atoms with van der Waals surface area (Å²) in [6, 6.07) is 51.1. The van der Waals surface area contributed by atoms with Crippen molar-refractivity contribution in [3.05, 3.63) is 103 Å². The van der Waals surface area contributed by atoms with E-state index in [-0.39, 0.29) is 0 Å². The van der Waals surface area contributed by atoms with Crippen LogP contribution in [0.1, 0.15) is 151 Å². The van der Waals surface area contributed by atoms with Gasteiger partial charge in [-0.25, -0.2) is 4.44 Å². The van der Waals surface area contributed by atoms with E-state index in [2.05, 4.69) is 149 Å². The van der Waals surface area contributed by atoms with Crippen molar-refractivity contribution >= 4 is 63.9 Å². The molecule has 0 saturated heterocycles. The van der Waals surface area contributed by atoms with Gasteiger partial charge in [0, 0.05) is 27.5 Å². The van der Waals surface area contributed by atoms with Crippen LogP contribution in [0.3, 0.4) is 0 Å². The zero-order chi connectivity index (χ0) is 43.3. The molecule has 1 fully saturated rings. The highest BCUT2D eigenvalue weighted by Gasteiger charge is 2.40. The fraction of sp³-hybridized carbons (Fsp3) is 0.564. The maximum Gasteiger partial charge on any atom is 0.128 e. The van der Waals surface area contributed by atoms with E-state index in [0.717, 1.165) is 5.75 Å². The number of hydrogen-bond acceptors (Lipinski definition) is 2. The lowest BCUT2D eigenvalue weighted by molar-refractivity contribution is 0.355. The highest BCUT2D eigenvalue weighted by molar-refractivity contribution is 7.84. The van der Waals surface area contributed by atoms with Crippen LogP contribution in [0.15, 0.2) is 103 Å². The molecule has 0 heterocycles. The van der Waals surface area contributed by atoms with E-state index in [9.17, 15) is 0 Å². The van der Waals surface area contributed by atoms with Gasteiger partial charge in [0.15, 0.2) is 0 Å². The Kier molecular flexibility index (Phi) is 21.8. The molecule has 1 atom stereocenters. The Morgan fingerprint density at radius 3 is 1.23 bits per heavy atom. The predicted octanol–water partition coefficient (Wildman–Crippen LogP) is 14.8. The molecule has 4 aromatic rings. The second kappa shape index (κ2) is 26.7. The van der Waals surface area contributed by atoms with Crippen LogP contribution in [-0.4, -0.2) is 33.7 Å². The normalized spacial score (nSPS) is 14.5. The summed E-state index contributed by atoms with van der Waals surface area (Å²) in [7, 11) is -3.19. The van der Waals surface area contributed by atoms with Crippen molar-refractivity contribution in [1.82, 2.24) is 4.44 Å². The summed E-state index contributed by atoms with van der Waals surface area (Å²) in [6.07, 6.45) is 22.5. The molecule has 1 aliphatic carbocycles. The van der Waals surface area contributed by atoms with Gasteiger partial charge in [0.1, 0.15) is 5.75 Å². The van der Waals surface area contributed by atoms with Gasteiger partial charge < -0.3 is 4.74 Å². The van der Waals surface area contributed by atoms with E-state index in [4.69, 9.17) is 4.74 Å². The average Bonchev–Trinajstić information content (AvgIpc) is 3.32. The molecule has 1 unspecified atom stereocenters. The molecule has 61 heavy (non-hydrogen) atoms. The second-order valence-electron chi connectivity index (χ2n) is 18.5. The van der Waals surface area contributed by atoms with Crippen LogP contribution in [0.4, 0.5) is 0 Å². The summed E-state index contributed by atoms with van der Waals surface area (Å²) in [5.74, 6) is 1.02.